The summed E-state index contributed by atoms with van der Waals surface area (Å²) < 4.78 is 26.9. The lowest BCUT2D eigenvalue weighted by molar-refractivity contribution is -0.132. The number of nitrogens with zero attached hydrogens (tertiary/aromatic N) is 2. The first kappa shape index (κ1) is 20.9. The van der Waals surface area contributed by atoms with E-state index in [1.807, 2.05) is 19.9 Å². The number of hydrogen-bond acceptors (Lipinski definition) is 4. The van der Waals surface area contributed by atoms with Gasteiger partial charge in [0.2, 0.25) is 15.9 Å². The van der Waals surface area contributed by atoms with Crippen molar-refractivity contribution in [1.29, 1.82) is 0 Å². The zero-order valence-corrected chi connectivity index (χ0v) is 16.0. The smallest absolute Gasteiger partial charge is 0.243 e. The Morgan fingerprint density at radius 3 is 2.25 bits per heavy atom. The van der Waals surface area contributed by atoms with Crippen LogP contribution in [0.25, 0.3) is 0 Å². The number of nitrogens with two attached hydrogens (primary N) is 1. The highest BCUT2D eigenvalue weighted by Crippen LogP contribution is 2.20. The van der Waals surface area contributed by atoms with Gasteiger partial charge < -0.3 is 10.6 Å². The Morgan fingerprint density at radius 2 is 1.75 bits per heavy atom. The Kier molecular flexibility index (Phi) is 7.22. The molecule has 1 fully saturated rings. The molecule has 1 aromatic carbocycles. The van der Waals surface area contributed by atoms with E-state index in [2.05, 4.69) is 0 Å². The molecule has 1 aromatic rings. The second-order valence-corrected chi connectivity index (χ2v) is 8.15. The third-order valence-electron chi connectivity index (χ3n) is 4.20. The van der Waals surface area contributed by atoms with Crippen LogP contribution in [0.5, 0.6) is 0 Å². The minimum absolute atomic E-state index is 0. The monoisotopic (exact) mass is 375 g/mol. The van der Waals surface area contributed by atoms with Gasteiger partial charge >= 0.3 is 0 Å². The number of carbonyl (C=O) groups is 1. The Balaban J connectivity index is 0.00000288. The number of piperazine rings is 1. The van der Waals surface area contributed by atoms with Crippen LogP contribution in [0.15, 0.2) is 23.1 Å². The van der Waals surface area contributed by atoms with Gasteiger partial charge in [-0.1, -0.05) is 6.07 Å². The molecule has 0 saturated carbocycles. The molecule has 1 heterocycles. The number of aryl methyl sites for hydroxylation is 2. The fourth-order valence-electron chi connectivity index (χ4n) is 2.61. The summed E-state index contributed by atoms with van der Waals surface area (Å²) in [6.07, 6.45) is 0.296. The van der Waals surface area contributed by atoms with Crippen molar-refractivity contribution in [2.75, 3.05) is 26.2 Å². The van der Waals surface area contributed by atoms with Gasteiger partial charge in [-0.2, -0.15) is 4.31 Å². The molecular weight excluding hydrogens is 350 g/mol. The van der Waals surface area contributed by atoms with Crippen molar-refractivity contribution >= 4 is 28.3 Å². The van der Waals surface area contributed by atoms with E-state index in [1.54, 1.807) is 24.0 Å². The van der Waals surface area contributed by atoms with Gasteiger partial charge in [-0.3, -0.25) is 4.79 Å². The molecule has 2 rings (SSSR count). The van der Waals surface area contributed by atoms with Gasteiger partial charge in [0.05, 0.1) is 4.90 Å². The molecule has 1 aliphatic rings. The molecule has 0 radical (unpaired) electrons. The van der Waals surface area contributed by atoms with Crippen molar-refractivity contribution in [1.82, 2.24) is 9.21 Å². The van der Waals surface area contributed by atoms with Crippen molar-refractivity contribution in [2.24, 2.45) is 5.73 Å². The Morgan fingerprint density at radius 1 is 1.17 bits per heavy atom. The molecule has 1 aliphatic heterocycles. The summed E-state index contributed by atoms with van der Waals surface area (Å²) >= 11 is 0. The summed E-state index contributed by atoms with van der Waals surface area (Å²) in [6, 6.07) is 4.99. The number of sulfonamides is 1. The van der Waals surface area contributed by atoms with E-state index < -0.39 is 10.0 Å². The fraction of sp³-hybridized carbons (Fsp3) is 0.562. The largest absolute Gasteiger partial charge is 0.340 e. The second-order valence-electron chi connectivity index (χ2n) is 6.21. The fourth-order valence-corrected chi connectivity index (χ4v) is 4.11. The van der Waals surface area contributed by atoms with Gasteiger partial charge in [-0.15, -0.1) is 12.4 Å². The van der Waals surface area contributed by atoms with E-state index in [9.17, 15) is 13.2 Å². The molecule has 136 valence electrons. The Hall–Kier alpha value is -1.15. The van der Waals surface area contributed by atoms with E-state index in [0.29, 0.717) is 37.5 Å². The zero-order valence-electron chi connectivity index (χ0n) is 14.4. The van der Waals surface area contributed by atoms with E-state index in [-0.39, 0.29) is 24.4 Å². The van der Waals surface area contributed by atoms with Crippen molar-refractivity contribution < 1.29 is 13.2 Å². The first-order valence-electron chi connectivity index (χ1n) is 7.82. The van der Waals surface area contributed by atoms with Crippen LogP contribution in [-0.2, 0) is 14.8 Å². The standard InChI is InChI=1S/C16H25N3O3S.ClH/c1-12-4-5-15(10-13(12)2)23(21,22)19-8-6-18(7-9-19)16(20)11-14(3)17;/h4-5,10,14H,6-9,11,17H2,1-3H3;1H. The lowest BCUT2D eigenvalue weighted by Gasteiger charge is -2.34. The van der Waals surface area contributed by atoms with E-state index in [1.165, 1.54) is 4.31 Å². The van der Waals surface area contributed by atoms with Crippen molar-refractivity contribution in [3.05, 3.63) is 29.3 Å². The number of amides is 1. The van der Waals surface area contributed by atoms with Gasteiger partial charge in [-0.05, 0) is 44.0 Å². The predicted octanol–water partition coefficient (Wildman–Crippen LogP) is 1.30. The van der Waals surface area contributed by atoms with Gasteiger partial charge in [0.1, 0.15) is 0 Å². The molecule has 8 heteroatoms. The Bertz CT molecular complexity index is 684. The number of halogens is 1. The van der Waals surface area contributed by atoms with Crippen LogP contribution < -0.4 is 5.73 Å². The van der Waals surface area contributed by atoms with Crippen molar-refractivity contribution in [3.8, 4) is 0 Å². The summed E-state index contributed by atoms with van der Waals surface area (Å²) in [5.41, 5.74) is 7.67. The topological polar surface area (TPSA) is 83.7 Å². The van der Waals surface area contributed by atoms with Crippen LogP contribution in [0.3, 0.4) is 0 Å². The average Bonchev–Trinajstić information content (AvgIpc) is 2.49. The highest BCUT2D eigenvalue weighted by Gasteiger charge is 2.30. The SMILES string of the molecule is Cc1ccc(S(=O)(=O)N2CCN(C(=O)CC(C)N)CC2)cc1C.Cl. The summed E-state index contributed by atoms with van der Waals surface area (Å²) in [5, 5.41) is 0. The quantitative estimate of drug-likeness (QED) is 0.859. The second kappa shape index (κ2) is 8.29. The molecule has 0 bridgehead atoms. The molecule has 24 heavy (non-hydrogen) atoms. The molecule has 1 unspecified atom stereocenters. The molecule has 0 aliphatic carbocycles. The van der Waals surface area contributed by atoms with Crippen molar-refractivity contribution in [3.63, 3.8) is 0 Å². The summed E-state index contributed by atoms with van der Waals surface area (Å²) in [7, 11) is -3.50. The zero-order chi connectivity index (χ0) is 17.2. The molecular formula is C16H26ClN3O3S. The van der Waals surface area contributed by atoms with Gasteiger partial charge in [0.25, 0.3) is 0 Å². The summed E-state index contributed by atoms with van der Waals surface area (Å²) in [5.74, 6) is -0.0109. The maximum Gasteiger partial charge on any atom is 0.243 e. The third-order valence-corrected chi connectivity index (χ3v) is 6.10. The van der Waals surface area contributed by atoms with Gasteiger partial charge in [-0.25, -0.2) is 8.42 Å². The van der Waals surface area contributed by atoms with Crippen LogP contribution >= 0.6 is 12.4 Å². The van der Waals surface area contributed by atoms with Crippen molar-refractivity contribution in [2.45, 2.75) is 38.1 Å². The maximum absolute atomic E-state index is 12.7. The van der Waals surface area contributed by atoms with Gasteiger partial charge in [0, 0.05) is 38.6 Å². The highest BCUT2D eigenvalue weighted by atomic mass is 35.5. The average molecular weight is 376 g/mol. The first-order valence-corrected chi connectivity index (χ1v) is 9.26. The summed E-state index contributed by atoms with van der Waals surface area (Å²) in [6.45, 7) is 7.11. The highest BCUT2D eigenvalue weighted by molar-refractivity contribution is 7.89. The van der Waals surface area contributed by atoms with Gasteiger partial charge in [0.15, 0.2) is 0 Å². The predicted molar refractivity (Wildman–Crippen MR) is 96.8 cm³/mol. The Labute approximate surface area is 150 Å². The molecule has 1 atom stereocenters. The molecule has 2 N–H and O–H groups in total. The maximum atomic E-state index is 12.7. The molecule has 0 aromatic heterocycles. The molecule has 6 nitrogen and oxygen atoms in total. The molecule has 1 saturated heterocycles. The van der Waals surface area contributed by atoms with Crippen LogP contribution in [0, 0.1) is 13.8 Å². The van der Waals surface area contributed by atoms with Crippen LogP contribution in [-0.4, -0.2) is 55.8 Å². The minimum atomic E-state index is -3.50. The number of rotatable bonds is 4. The van der Waals surface area contributed by atoms with Crippen LogP contribution in [0.2, 0.25) is 0 Å². The van der Waals surface area contributed by atoms with Crippen LogP contribution in [0.1, 0.15) is 24.5 Å². The van der Waals surface area contributed by atoms with Crippen LogP contribution in [0.4, 0.5) is 0 Å². The van der Waals surface area contributed by atoms with E-state index in [0.717, 1.165) is 11.1 Å². The lowest BCUT2D eigenvalue weighted by Crippen LogP contribution is -2.51. The lowest BCUT2D eigenvalue weighted by atomic mass is 10.1. The first-order chi connectivity index (χ1) is 10.7. The molecule has 0 spiro atoms. The number of carbonyl (C=O) groups excluding carboxylic acids is 1. The number of benzene rings is 1. The third kappa shape index (κ3) is 4.69. The number of hydrogen-bond donors (Lipinski definition) is 1. The summed E-state index contributed by atoms with van der Waals surface area (Å²) in [4.78, 5) is 14.0. The minimum Gasteiger partial charge on any atom is -0.340 e. The normalized spacial score (nSPS) is 17.2. The molecule has 1 amide bonds. The van der Waals surface area contributed by atoms with E-state index in [4.69, 9.17) is 5.73 Å². The van der Waals surface area contributed by atoms with E-state index >= 15 is 0 Å².